The summed E-state index contributed by atoms with van der Waals surface area (Å²) in [7, 11) is 0. The first-order valence-corrected chi connectivity index (χ1v) is 7.51. The van der Waals surface area contributed by atoms with Crippen LogP contribution in [0.3, 0.4) is 0 Å². The molecule has 1 unspecified atom stereocenters. The molecule has 0 bridgehead atoms. The number of urea groups is 1. The summed E-state index contributed by atoms with van der Waals surface area (Å²) in [5, 5.41) is 11.6. The summed E-state index contributed by atoms with van der Waals surface area (Å²) in [4.78, 5) is 24.2. The number of carboxylic acid groups (broad SMARTS) is 1. The van der Waals surface area contributed by atoms with Crippen LogP contribution in [0.4, 0.5) is 18.0 Å². The van der Waals surface area contributed by atoms with Gasteiger partial charge in [0.05, 0.1) is 17.9 Å². The van der Waals surface area contributed by atoms with Gasteiger partial charge in [-0.05, 0) is 19.4 Å². The fraction of sp³-hybridized carbons (Fsp3) is 0.500. The minimum atomic E-state index is -4.65. The lowest BCUT2D eigenvalue weighted by atomic mass is 9.96. The third kappa shape index (κ3) is 3.98. The van der Waals surface area contributed by atoms with Crippen LogP contribution >= 0.6 is 0 Å². The van der Waals surface area contributed by atoms with E-state index in [1.165, 1.54) is 0 Å². The molecular formula is C16H19F3N2O3. The van der Waals surface area contributed by atoms with Crippen molar-refractivity contribution in [2.75, 3.05) is 13.1 Å². The number of carboxylic acids is 1. The van der Waals surface area contributed by atoms with Gasteiger partial charge in [0.2, 0.25) is 0 Å². The number of halogens is 3. The first kappa shape index (κ1) is 18.1. The second-order valence-electron chi connectivity index (χ2n) is 6.08. The molecule has 1 fully saturated rings. The van der Waals surface area contributed by atoms with Gasteiger partial charge < -0.3 is 15.3 Å². The number of hydrogen-bond donors (Lipinski definition) is 2. The molecule has 0 aliphatic carbocycles. The van der Waals surface area contributed by atoms with E-state index in [0.717, 1.165) is 16.0 Å². The van der Waals surface area contributed by atoms with Crippen LogP contribution in [0.5, 0.6) is 0 Å². The van der Waals surface area contributed by atoms with Gasteiger partial charge in [0, 0.05) is 13.1 Å². The average molecular weight is 344 g/mol. The number of nitrogens with one attached hydrogen (secondary N) is 1. The molecule has 8 heteroatoms. The van der Waals surface area contributed by atoms with Crippen LogP contribution in [0.2, 0.25) is 0 Å². The van der Waals surface area contributed by atoms with Crippen LogP contribution in [0.15, 0.2) is 24.3 Å². The summed E-state index contributed by atoms with van der Waals surface area (Å²) in [6.07, 6.45) is -4.65. The Labute approximate surface area is 137 Å². The van der Waals surface area contributed by atoms with Crippen molar-refractivity contribution < 1.29 is 27.9 Å². The molecule has 0 spiro atoms. The van der Waals surface area contributed by atoms with Gasteiger partial charge in [-0.2, -0.15) is 13.2 Å². The Morgan fingerprint density at radius 3 is 2.50 bits per heavy atom. The number of alkyl halides is 3. The Hall–Kier alpha value is -2.25. The molecule has 132 valence electrons. The number of likely N-dealkylation sites (tertiary alicyclic amines) is 1. The maximum Gasteiger partial charge on any atom is 0.394 e. The molecule has 1 aliphatic rings. The molecule has 2 N–H and O–H groups in total. The molecular weight excluding hydrogens is 325 g/mol. The number of carbonyl (C=O) groups excluding carboxylic acids is 1. The van der Waals surface area contributed by atoms with Crippen LogP contribution in [0.25, 0.3) is 0 Å². The number of benzene rings is 1. The topological polar surface area (TPSA) is 69.6 Å². The number of nitrogens with zero attached hydrogens (tertiary/aromatic N) is 1. The van der Waals surface area contributed by atoms with Crippen molar-refractivity contribution in [2.24, 2.45) is 11.8 Å². The van der Waals surface area contributed by atoms with E-state index in [0.29, 0.717) is 0 Å². The molecule has 1 aliphatic heterocycles. The minimum Gasteiger partial charge on any atom is -0.481 e. The van der Waals surface area contributed by atoms with Gasteiger partial charge >= 0.3 is 18.2 Å². The van der Waals surface area contributed by atoms with E-state index in [-0.39, 0.29) is 0 Å². The van der Waals surface area contributed by atoms with Crippen molar-refractivity contribution in [2.45, 2.75) is 26.1 Å². The zero-order valence-corrected chi connectivity index (χ0v) is 13.3. The number of amides is 2. The number of aliphatic carboxylic acids is 1. The largest absolute Gasteiger partial charge is 0.481 e. The van der Waals surface area contributed by atoms with E-state index in [1.807, 2.05) is 25.1 Å². The zero-order valence-electron chi connectivity index (χ0n) is 13.3. The normalized spacial score (nSPS) is 22.3. The average Bonchev–Trinajstić information content (AvgIpc) is 2.92. The van der Waals surface area contributed by atoms with E-state index >= 15 is 0 Å². The predicted octanol–water partition coefficient (Wildman–Crippen LogP) is 2.96. The molecule has 1 aromatic rings. The maximum absolute atomic E-state index is 13.0. The lowest BCUT2D eigenvalue weighted by molar-refractivity contribution is -0.187. The van der Waals surface area contributed by atoms with Crippen molar-refractivity contribution >= 4 is 12.0 Å². The van der Waals surface area contributed by atoms with Gasteiger partial charge in [-0.15, -0.1) is 0 Å². The lowest BCUT2D eigenvalue weighted by Crippen LogP contribution is -2.40. The minimum absolute atomic E-state index is 0.398. The van der Waals surface area contributed by atoms with Crippen molar-refractivity contribution in [3.63, 3.8) is 0 Å². The van der Waals surface area contributed by atoms with E-state index < -0.39 is 49.1 Å². The molecule has 1 saturated heterocycles. The number of aryl methyl sites for hydroxylation is 1. The summed E-state index contributed by atoms with van der Waals surface area (Å²) in [6, 6.07) is 6.30. The molecule has 0 radical (unpaired) electrons. The smallest absolute Gasteiger partial charge is 0.394 e. The summed E-state index contributed by atoms with van der Waals surface area (Å²) in [5.41, 5.74) is 1.82. The third-order valence-corrected chi connectivity index (χ3v) is 4.23. The van der Waals surface area contributed by atoms with E-state index in [9.17, 15) is 22.8 Å². The van der Waals surface area contributed by atoms with Crippen LogP contribution in [0.1, 0.15) is 24.1 Å². The maximum atomic E-state index is 13.0. The van der Waals surface area contributed by atoms with Gasteiger partial charge in [-0.3, -0.25) is 4.79 Å². The van der Waals surface area contributed by atoms with Crippen molar-refractivity contribution in [3.8, 4) is 0 Å². The van der Waals surface area contributed by atoms with Crippen molar-refractivity contribution in [1.82, 2.24) is 10.2 Å². The monoisotopic (exact) mass is 344 g/mol. The summed E-state index contributed by atoms with van der Waals surface area (Å²) < 4.78 is 38.9. The number of rotatable bonds is 3. The molecule has 2 amide bonds. The second-order valence-corrected chi connectivity index (χ2v) is 6.08. The predicted molar refractivity (Wildman–Crippen MR) is 80.4 cm³/mol. The molecule has 0 saturated carbocycles. The van der Waals surface area contributed by atoms with Crippen LogP contribution in [0, 0.1) is 18.8 Å². The highest BCUT2D eigenvalue weighted by Gasteiger charge is 2.53. The molecule has 1 heterocycles. The van der Waals surface area contributed by atoms with E-state index in [2.05, 4.69) is 5.32 Å². The highest BCUT2D eigenvalue weighted by molar-refractivity contribution is 5.78. The second kappa shape index (κ2) is 6.70. The molecule has 24 heavy (non-hydrogen) atoms. The van der Waals surface area contributed by atoms with Gasteiger partial charge in [-0.25, -0.2) is 4.79 Å². The third-order valence-electron chi connectivity index (χ3n) is 4.23. The van der Waals surface area contributed by atoms with Gasteiger partial charge in [0.15, 0.2) is 0 Å². The summed E-state index contributed by atoms with van der Waals surface area (Å²) in [6.45, 7) is 2.52. The van der Waals surface area contributed by atoms with Gasteiger partial charge in [0.25, 0.3) is 0 Å². The van der Waals surface area contributed by atoms with Gasteiger partial charge in [-0.1, -0.05) is 29.8 Å². The first-order valence-electron chi connectivity index (χ1n) is 7.51. The molecule has 1 aromatic carbocycles. The Morgan fingerprint density at radius 1 is 1.33 bits per heavy atom. The Morgan fingerprint density at radius 2 is 2.00 bits per heavy atom. The quantitative estimate of drug-likeness (QED) is 0.886. The van der Waals surface area contributed by atoms with Crippen LogP contribution in [-0.4, -0.2) is 41.3 Å². The van der Waals surface area contributed by atoms with Crippen molar-refractivity contribution in [1.29, 1.82) is 0 Å². The fourth-order valence-electron chi connectivity index (χ4n) is 2.85. The van der Waals surface area contributed by atoms with E-state index in [1.54, 1.807) is 13.0 Å². The standard InChI is InChI=1S/C16H19F3N2O3/c1-9-4-3-5-11(6-9)10(2)20-15(24)21-7-12(14(22)23)13(8-21)16(17,18)19/h3-6,10,12-13H,7-8H2,1-2H3,(H,20,24)(H,22,23)/t10?,12-,13-/m1/s1. The Kier molecular flexibility index (Phi) is 5.05. The van der Waals surface area contributed by atoms with Crippen molar-refractivity contribution in [3.05, 3.63) is 35.4 Å². The van der Waals surface area contributed by atoms with Gasteiger partial charge in [0.1, 0.15) is 0 Å². The highest BCUT2D eigenvalue weighted by atomic mass is 19.4. The van der Waals surface area contributed by atoms with E-state index in [4.69, 9.17) is 5.11 Å². The molecule has 5 nitrogen and oxygen atoms in total. The fourth-order valence-corrected chi connectivity index (χ4v) is 2.85. The number of carbonyl (C=O) groups is 2. The lowest BCUT2D eigenvalue weighted by Gasteiger charge is -2.22. The summed E-state index contributed by atoms with van der Waals surface area (Å²) >= 11 is 0. The summed E-state index contributed by atoms with van der Waals surface area (Å²) in [5.74, 6) is -5.22. The Balaban J connectivity index is 2.06. The van der Waals surface area contributed by atoms with Crippen LogP contribution in [-0.2, 0) is 4.79 Å². The zero-order chi connectivity index (χ0) is 18.1. The first-order chi connectivity index (χ1) is 11.1. The SMILES string of the molecule is Cc1cccc(C(C)NC(=O)N2C[C@@H](C(F)(F)F)[C@H](C(=O)O)C2)c1. The molecule has 2 rings (SSSR count). The molecule has 0 aromatic heterocycles. The van der Waals surface area contributed by atoms with Crippen LogP contribution < -0.4 is 5.32 Å². The molecule has 3 atom stereocenters. The highest BCUT2D eigenvalue weighted by Crippen LogP contribution is 2.37. The Bertz CT molecular complexity index is 633. The number of hydrogen-bond acceptors (Lipinski definition) is 2.